The van der Waals surface area contributed by atoms with E-state index in [0.29, 0.717) is 30.5 Å². The van der Waals surface area contributed by atoms with Gasteiger partial charge in [0.1, 0.15) is 5.82 Å². The first-order valence-corrected chi connectivity index (χ1v) is 12.1. The number of nitrogens with zero attached hydrogens (tertiary/aromatic N) is 4. The number of carbonyl (C=O) groups is 1. The Morgan fingerprint density at radius 2 is 1.85 bits per heavy atom. The van der Waals surface area contributed by atoms with Crippen molar-refractivity contribution in [2.75, 3.05) is 18.1 Å². The molecule has 0 bridgehead atoms. The zero-order chi connectivity index (χ0) is 22.8. The molecule has 1 aliphatic carbocycles. The van der Waals surface area contributed by atoms with Gasteiger partial charge in [-0.05, 0) is 55.9 Å². The van der Waals surface area contributed by atoms with Gasteiger partial charge in [0, 0.05) is 30.9 Å². The maximum atomic E-state index is 14.1. The highest BCUT2D eigenvalue weighted by molar-refractivity contribution is 6.13. The third kappa shape index (κ3) is 4.39. The summed E-state index contributed by atoms with van der Waals surface area (Å²) in [6.07, 6.45) is 9.04. The van der Waals surface area contributed by atoms with E-state index in [2.05, 4.69) is 23.2 Å². The van der Waals surface area contributed by atoms with Gasteiger partial charge in [-0.2, -0.15) is 5.10 Å². The Morgan fingerprint density at radius 3 is 2.55 bits per heavy atom. The van der Waals surface area contributed by atoms with Crippen molar-refractivity contribution in [3.8, 4) is 0 Å². The number of hydrogen-bond acceptors (Lipinski definition) is 5. The molecule has 3 aliphatic rings. The largest absolute Gasteiger partial charge is 0.392 e. The fraction of sp³-hybridized carbons (Fsp3) is 0.500. The Hall–Kier alpha value is -2.77. The van der Waals surface area contributed by atoms with Crippen molar-refractivity contribution >= 4 is 23.2 Å². The third-order valence-corrected chi connectivity index (χ3v) is 7.02. The van der Waals surface area contributed by atoms with Crippen LogP contribution in [0.5, 0.6) is 0 Å². The lowest BCUT2D eigenvalue weighted by molar-refractivity contribution is 0.0480. The number of fused-ring (bicyclic) bond motifs is 1. The van der Waals surface area contributed by atoms with Crippen LogP contribution >= 0.6 is 0 Å². The fourth-order valence-corrected chi connectivity index (χ4v) is 5.17. The van der Waals surface area contributed by atoms with Gasteiger partial charge in [-0.1, -0.05) is 37.5 Å². The van der Waals surface area contributed by atoms with Crippen LogP contribution in [0, 0.1) is 12.8 Å². The Balaban J connectivity index is 1.66. The molecular weight excluding hydrogens is 416 g/mol. The third-order valence-electron chi connectivity index (χ3n) is 7.02. The molecule has 1 saturated carbocycles. The molecule has 0 unspecified atom stereocenters. The molecule has 2 amide bonds. The molecule has 174 valence electrons. The van der Waals surface area contributed by atoms with Crippen molar-refractivity contribution in [1.29, 1.82) is 0 Å². The van der Waals surface area contributed by atoms with Gasteiger partial charge >= 0.3 is 6.03 Å². The Labute approximate surface area is 195 Å². The Kier molecular flexibility index (Phi) is 6.42. The first kappa shape index (κ1) is 22.0. The number of anilines is 2. The number of rotatable bonds is 4. The Bertz CT molecular complexity index is 1020. The maximum absolute atomic E-state index is 14.1. The number of hydrazone groups is 1. The highest BCUT2D eigenvalue weighted by Gasteiger charge is 2.38. The van der Waals surface area contributed by atoms with E-state index in [4.69, 9.17) is 9.84 Å². The van der Waals surface area contributed by atoms with Crippen LogP contribution in [0.3, 0.4) is 0 Å². The molecule has 1 N–H and O–H groups in total. The first-order valence-electron chi connectivity index (χ1n) is 12.1. The van der Waals surface area contributed by atoms with Crippen LogP contribution in [-0.2, 0) is 11.3 Å². The summed E-state index contributed by atoms with van der Waals surface area (Å²) >= 11 is 0. The second-order valence-corrected chi connectivity index (χ2v) is 9.33. The quantitative estimate of drug-likeness (QED) is 0.720. The minimum Gasteiger partial charge on any atom is -0.392 e. The number of amides is 2. The van der Waals surface area contributed by atoms with Crippen LogP contribution in [0.1, 0.15) is 61.6 Å². The SMILES string of the molecule is Cc1ccc2c(c1)N(c1ccc(CO)cn1)C(=O)N(C1CCOCC1)N=C2C1CCCCC1. The minimum atomic E-state index is -0.177. The van der Waals surface area contributed by atoms with Gasteiger partial charge in [0.15, 0.2) is 0 Å². The van der Waals surface area contributed by atoms with Crippen molar-refractivity contribution < 1.29 is 14.6 Å². The predicted molar refractivity (Wildman–Crippen MR) is 128 cm³/mol. The lowest BCUT2D eigenvalue weighted by Gasteiger charge is -2.33. The van der Waals surface area contributed by atoms with Gasteiger partial charge < -0.3 is 9.84 Å². The van der Waals surface area contributed by atoms with Crippen molar-refractivity contribution in [2.45, 2.75) is 64.5 Å². The van der Waals surface area contributed by atoms with E-state index in [1.54, 1.807) is 16.1 Å². The number of benzene rings is 1. The van der Waals surface area contributed by atoms with Crippen LogP contribution in [0.4, 0.5) is 16.3 Å². The molecule has 0 atom stereocenters. The molecule has 2 fully saturated rings. The summed E-state index contributed by atoms with van der Waals surface area (Å²) in [7, 11) is 0. The van der Waals surface area contributed by atoms with Crippen LogP contribution in [0.15, 0.2) is 41.6 Å². The van der Waals surface area contributed by atoms with Crippen molar-refractivity contribution in [2.24, 2.45) is 11.0 Å². The summed E-state index contributed by atoms with van der Waals surface area (Å²) in [4.78, 5) is 20.4. The number of aromatic nitrogens is 1. The standard InChI is InChI=1S/C26H32N4O3/c1-18-7-9-22-23(15-18)29(24-10-8-19(17-31)16-27-24)26(32)30(21-11-13-33-14-12-21)28-25(22)20-5-3-2-4-6-20/h7-10,15-16,20-21,31H,2-6,11-14,17H2,1H3. The second kappa shape index (κ2) is 9.61. The molecule has 0 spiro atoms. The lowest BCUT2D eigenvalue weighted by atomic mass is 9.82. The monoisotopic (exact) mass is 448 g/mol. The summed E-state index contributed by atoms with van der Waals surface area (Å²) < 4.78 is 5.58. The van der Waals surface area contributed by atoms with E-state index >= 15 is 0 Å². The van der Waals surface area contributed by atoms with Gasteiger partial charge in [-0.3, -0.25) is 0 Å². The molecule has 5 rings (SSSR count). The number of hydrogen-bond donors (Lipinski definition) is 1. The summed E-state index contributed by atoms with van der Waals surface area (Å²) in [5.41, 5.74) is 4.68. The number of aryl methyl sites for hydroxylation is 1. The van der Waals surface area contributed by atoms with Crippen LogP contribution < -0.4 is 4.90 Å². The highest BCUT2D eigenvalue weighted by Crippen LogP contribution is 2.38. The van der Waals surface area contributed by atoms with Gasteiger partial charge in [-0.15, -0.1) is 0 Å². The van der Waals surface area contributed by atoms with E-state index in [1.807, 2.05) is 19.1 Å². The number of urea groups is 1. The average Bonchev–Trinajstić information content (AvgIpc) is 2.99. The molecular formula is C26H32N4O3. The molecule has 1 aromatic carbocycles. The first-order chi connectivity index (χ1) is 16.2. The van der Waals surface area contributed by atoms with Crippen molar-refractivity contribution in [3.63, 3.8) is 0 Å². The zero-order valence-electron chi connectivity index (χ0n) is 19.2. The lowest BCUT2D eigenvalue weighted by Crippen LogP contribution is -2.45. The minimum absolute atomic E-state index is 0.000496. The fourth-order valence-electron chi connectivity index (χ4n) is 5.17. The molecule has 1 aromatic heterocycles. The number of pyridine rings is 1. The Morgan fingerprint density at radius 1 is 1.06 bits per heavy atom. The molecule has 33 heavy (non-hydrogen) atoms. The molecule has 1 saturated heterocycles. The van der Waals surface area contributed by atoms with Crippen LogP contribution in [-0.4, -0.2) is 46.1 Å². The van der Waals surface area contributed by atoms with Gasteiger partial charge in [0.25, 0.3) is 0 Å². The summed E-state index contributed by atoms with van der Waals surface area (Å²) in [6, 6.07) is 9.74. The van der Waals surface area contributed by atoms with Gasteiger partial charge in [0.05, 0.1) is 24.0 Å². The van der Waals surface area contributed by atoms with E-state index in [0.717, 1.165) is 48.2 Å². The van der Waals surface area contributed by atoms with Crippen molar-refractivity contribution in [1.82, 2.24) is 9.99 Å². The highest BCUT2D eigenvalue weighted by atomic mass is 16.5. The maximum Gasteiger partial charge on any atom is 0.351 e. The number of aliphatic hydroxyl groups excluding tert-OH is 1. The normalized spacial score (nSPS) is 20.4. The van der Waals surface area contributed by atoms with Gasteiger partial charge in [-0.25, -0.2) is 19.7 Å². The average molecular weight is 449 g/mol. The van der Waals surface area contributed by atoms with Gasteiger partial charge in [0.2, 0.25) is 0 Å². The molecule has 7 heteroatoms. The summed E-state index contributed by atoms with van der Waals surface area (Å²) in [5, 5.41) is 16.3. The number of ether oxygens (including phenoxy) is 1. The molecule has 2 aliphatic heterocycles. The zero-order valence-corrected chi connectivity index (χ0v) is 19.2. The number of aliphatic hydroxyl groups is 1. The van der Waals surface area contributed by atoms with E-state index < -0.39 is 0 Å². The number of carbonyl (C=O) groups excluding carboxylic acids is 1. The van der Waals surface area contributed by atoms with E-state index in [-0.39, 0.29) is 18.7 Å². The smallest absolute Gasteiger partial charge is 0.351 e. The second-order valence-electron chi connectivity index (χ2n) is 9.33. The van der Waals surface area contributed by atoms with Crippen molar-refractivity contribution in [3.05, 3.63) is 53.2 Å². The molecule has 7 nitrogen and oxygen atoms in total. The molecule has 0 radical (unpaired) electrons. The van der Waals surface area contributed by atoms with Crippen LogP contribution in [0.2, 0.25) is 0 Å². The predicted octanol–water partition coefficient (Wildman–Crippen LogP) is 4.92. The topological polar surface area (TPSA) is 78.3 Å². The molecule has 3 heterocycles. The molecule has 2 aromatic rings. The summed E-state index contributed by atoms with van der Waals surface area (Å²) in [6.45, 7) is 3.24. The van der Waals surface area contributed by atoms with E-state index in [9.17, 15) is 9.90 Å². The van der Waals surface area contributed by atoms with E-state index in [1.165, 1.54) is 19.3 Å². The summed E-state index contributed by atoms with van der Waals surface area (Å²) in [5.74, 6) is 0.890. The van der Waals surface area contributed by atoms with Crippen LogP contribution in [0.25, 0.3) is 0 Å².